The van der Waals surface area contributed by atoms with Gasteiger partial charge >= 0.3 is 17.8 Å². The third kappa shape index (κ3) is 1.99. The molecule has 0 aromatic carbocycles. The van der Waals surface area contributed by atoms with E-state index >= 15 is 0 Å². The van der Waals surface area contributed by atoms with Gasteiger partial charge in [0, 0.05) is 60.1 Å². The average Bonchev–Trinajstić information content (AvgIpc) is 3.03. The minimum Gasteiger partial charge on any atom is -0.354 e. The number of allylic oxidation sites excluding steroid dienone is 2. The van der Waals surface area contributed by atoms with Crippen molar-refractivity contribution in [2.24, 2.45) is 14.1 Å². The zero-order valence-corrected chi connectivity index (χ0v) is 14.0. The molecule has 25 heavy (non-hydrogen) atoms. The van der Waals surface area contributed by atoms with E-state index in [-0.39, 0.29) is 22.5 Å². The van der Waals surface area contributed by atoms with E-state index in [2.05, 4.69) is 0 Å². The first-order valence-electron chi connectivity index (χ1n) is 7.49. The van der Waals surface area contributed by atoms with E-state index in [9.17, 15) is 26.3 Å². The fourth-order valence-electron chi connectivity index (χ4n) is 3.18. The molecule has 1 aliphatic rings. The van der Waals surface area contributed by atoms with Gasteiger partial charge in [-0.1, -0.05) is 0 Å². The van der Waals surface area contributed by atoms with Crippen molar-refractivity contribution in [3.63, 3.8) is 0 Å². The van der Waals surface area contributed by atoms with Crippen LogP contribution < -0.4 is 0 Å². The largest absolute Gasteiger partial charge is 0.380 e. The Morgan fingerprint density at radius 1 is 0.680 bits per heavy atom. The van der Waals surface area contributed by atoms with Gasteiger partial charge in [0.25, 0.3) is 0 Å². The van der Waals surface area contributed by atoms with E-state index in [1.165, 1.54) is 49.5 Å². The van der Waals surface area contributed by atoms with Gasteiger partial charge in [-0.05, 0) is 26.0 Å². The van der Waals surface area contributed by atoms with Crippen LogP contribution in [0.5, 0.6) is 0 Å². The predicted octanol–water partition coefficient (Wildman–Crippen LogP) is 4.81. The van der Waals surface area contributed by atoms with Crippen LogP contribution in [0.15, 0.2) is 24.5 Å². The molecule has 3 rings (SSSR count). The molecule has 0 amide bonds. The highest BCUT2D eigenvalue weighted by Gasteiger charge is 2.80. The fraction of sp³-hybridized carbons (Fsp3) is 0.412. The summed E-state index contributed by atoms with van der Waals surface area (Å²) in [5.74, 6) is -15.5. The first kappa shape index (κ1) is 17.7. The van der Waals surface area contributed by atoms with Crippen LogP contribution >= 0.6 is 0 Å². The number of halogens is 6. The van der Waals surface area contributed by atoms with E-state index in [0.717, 1.165) is 12.1 Å². The maximum absolute atomic E-state index is 14.5. The van der Waals surface area contributed by atoms with Gasteiger partial charge in [0.15, 0.2) is 0 Å². The Hall–Kier alpha value is -2.12. The van der Waals surface area contributed by atoms with Crippen LogP contribution in [0.1, 0.15) is 22.5 Å². The van der Waals surface area contributed by atoms with Crippen molar-refractivity contribution in [1.82, 2.24) is 9.13 Å². The molecule has 0 unspecified atom stereocenters. The molecule has 0 radical (unpaired) electrons. The van der Waals surface area contributed by atoms with Gasteiger partial charge in [0.05, 0.1) is 0 Å². The Bertz CT molecular complexity index is 815. The molecule has 0 aliphatic heterocycles. The van der Waals surface area contributed by atoms with E-state index in [4.69, 9.17) is 0 Å². The highest BCUT2D eigenvalue weighted by Crippen LogP contribution is 2.65. The second kappa shape index (κ2) is 4.95. The van der Waals surface area contributed by atoms with Crippen LogP contribution in [0.4, 0.5) is 26.3 Å². The zero-order chi connectivity index (χ0) is 18.9. The Kier molecular flexibility index (Phi) is 3.51. The summed E-state index contributed by atoms with van der Waals surface area (Å²) in [7, 11) is 3.05. The van der Waals surface area contributed by atoms with Crippen LogP contribution in [-0.4, -0.2) is 26.9 Å². The third-order valence-electron chi connectivity index (χ3n) is 4.97. The van der Waals surface area contributed by atoms with Gasteiger partial charge in [-0.15, -0.1) is 0 Å². The Morgan fingerprint density at radius 2 is 1.00 bits per heavy atom. The summed E-state index contributed by atoms with van der Waals surface area (Å²) in [6.45, 7) is 2.84. The number of hydrogen-bond acceptors (Lipinski definition) is 0. The van der Waals surface area contributed by atoms with Crippen molar-refractivity contribution in [2.75, 3.05) is 0 Å². The molecule has 1 aliphatic carbocycles. The minimum atomic E-state index is -5.52. The molecular weight excluding hydrogens is 346 g/mol. The van der Waals surface area contributed by atoms with Crippen molar-refractivity contribution in [3.05, 3.63) is 47.0 Å². The molecule has 0 atom stereocenters. The van der Waals surface area contributed by atoms with Gasteiger partial charge in [-0.3, -0.25) is 0 Å². The van der Waals surface area contributed by atoms with Crippen molar-refractivity contribution in [1.29, 1.82) is 0 Å². The molecule has 0 saturated heterocycles. The van der Waals surface area contributed by atoms with Crippen LogP contribution in [-0.2, 0) is 14.1 Å². The van der Waals surface area contributed by atoms with Gasteiger partial charge < -0.3 is 9.13 Å². The molecule has 2 aromatic heterocycles. The van der Waals surface area contributed by atoms with E-state index < -0.39 is 28.9 Å². The summed E-state index contributed by atoms with van der Waals surface area (Å²) in [5, 5.41) is 0. The fourth-order valence-corrected chi connectivity index (χ4v) is 3.18. The molecule has 0 fully saturated rings. The molecule has 0 bridgehead atoms. The standard InChI is InChI=1S/C17H16F6N2/c1-9-11(5-7-24(9)3)13-14(12-6-8-25(4)10(12)2)16(20,21)17(22,23)15(13,18)19/h5-8H,1-4H3. The molecule has 8 heteroatoms. The Morgan fingerprint density at radius 3 is 1.24 bits per heavy atom. The monoisotopic (exact) mass is 362 g/mol. The van der Waals surface area contributed by atoms with Gasteiger partial charge in [0.1, 0.15) is 0 Å². The summed E-state index contributed by atoms with van der Waals surface area (Å²) in [6, 6.07) is 2.32. The number of hydrogen-bond donors (Lipinski definition) is 0. The smallest absolute Gasteiger partial charge is 0.354 e. The lowest BCUT2D eigenvalue weighted by Gasteiger charge is -2.25. The van der Waals surface area contributed by atoms with Crippen LogP contribution in [0, 0.1) is 13.8 Å². The third-order valence-corrected chi connectivity index (χ3v) is 4.97. The predicted molar refractivity (Wildman–Crippen MR) is 82.0 cm³/mol. The quantitative estimate of drug-likeness (QED) is 0.679. The number of rotatable bonds is 2. The normalized spacial score (nSPS) is 21.2. The second-order valence-corrected chi connectivity index (χ2v) is 6.32. The summed E-state index contributed by atoms with van der Waals surface area (Å²) < 4.78 is 89.1. The number of nitrogens with zero attached hydrogens (tertiary/aromatic N) is 2. The maximum Gasteiger partial charge on any atom is 0.380 e. The van der Waals surface area contributed by atoms with E-state index in [1.807, 2.05) is 0 Å². The molecule has 0 spiro atoms. The van der Waals surface area contributed by atoms with Gasteiger partial charge in [-0.2, -0.15) is 26.3 Å². The zero-order valence-electron chi connectivity index (χ0n) is 14.0. The first-order valence-corrected chi connectivity index (χ1v) is 7.49. The highest BCUT2D eigenvalue weighted by atomic mass is 19.3. The van der Waals surface area contributed by atoms with E-state index in [1.54, 1.807) is 0 Å². The van der Waals surface area contributed by atoms with Gasteiger partial charge in [0.2, 0.25) is 0 Å². The lowest BCUT2D eigenvalue weighted by atomic mass is 9.95. The van der Waals surface area contributed by atoms with Crippen molar-refractivity contribution >= 4 is 11.1 Å². The van der Waals surface area contributed by atoms with Crippen LogP contribution in [0.25, 0.3) is 11.1 Å². The lowest BCUT2D eigenvalue weighted by Crippen LogP contribution is -2.49. The molecule has 2 aromatic rings. The Balaban J connectivity index is 2.46. The maximum atomic E-state index is 14.5. The topological polar surface area (TPSA) is 9.86 Å². The van der Waals surface area contributed by atoms with Crippen molar-refractivity contribution in [3.8, 4) is 0 Å². The number of aryl methyl sites for hydroxylation is 2. The minimum absolute atomic E-state index is 0.203. The summed E-state index contributed by atoms with van der Waals surface area (Å²) in [5.41, 5.74) is -2.82. The number of alkyl halides is 6. The first-order chi connectivity index (χ1) is 11.4. The molecule has 136 valence electrons. The van der Waals surface area contributed by atoms with Gasteiger partial charge in [-0.25, -0.2) is 0 Å². The summed E-state index contributed by atoms with van der Waals surface area (Å²) in [4.78, 5) is 0. The van der Waals surface area contributed by atoms with E-state index in [0.29, 0.717) is 0 Å². The summed E-state index contributed by atoms with van der Waals surface area (Å²) >= 11 is 0. The highest BCUT2D eigenvalue weighted by molar-refractivity contribution is 6.02. The SMILES string of the molecule is Cc1c(C2=C(c3ccn(C)c3C)C(F)(F)C(F)(F)C2(F)F)ccn1C. The molecule has 2 nitrogen and oxygen atoms in total. The van der Waals surface area contributed by atoms with Crippen LogP contribution in [0.2, 0.25) is 0 Å². The number of aromatic nitrogens is 2. The van der Waals surface area contributed by atoms with Crippen molar-refractivity contribution < 1.29 is 26.3 Å². The Labute approximate surface area is 140 Å². The van der Waals surface area contributed by atoms with Crippen molar-refractivity contribution in [2.45, 2.75) is 31.6 Å². The van der Waals surface area contributed by atoms with Crippen LogP contribution in [0.3, 0.4) is 0 Å². The average molecular weight is 362 g/mol. The second-order valence-electron chi connectivity index (χ2n) is 6.32. The lowest BCUT2D eigenvalue weighted by molar-refractivity contribution is -0.254. The molecule has 0 N–H and O–H groups in total. The summed E-state index contributed by atoms with van der Waals surface area (Å²) in [6.07, 6.45) is 2.75. The molecule has 0 saturated carbocycles. The molecule has 2 heterocycles. The molecular formula is C17H16F6N2.